The first-order valence-corrected chi connectivity index (χ1v) is 8.59. The van der Waals surface area contributed by atoms with Crippen molar-refractivity contribution < 1.29 is 4.74 Å². The SMILES string of the molecule is Nc1ccc(-c2nnn(Cc3ccc(OCc4ccccn4)cc3)n2)c(N)n1. The van der Waals surface area contributed by atoms with E-state index >= 15 is 0 Å². The van der Waals surface area contributed by atoms with Gasteiger partial charge in [-0.25, -0.2) is 4.98 Å². The number of hydrogen-bond acceptors (Lipinski definition) is 8. The van der Waals surface area contributed by atoms with Crippen LogP contribution in [0.1, 0.15) is 11.3 Å². The molecule has 9 heteroatoms. The third kappa shape index (κ3) is 4.04. The van der Waals surface area contributed by atoms with E-state index < -0.39 is 0 Å². The number of pyridine rings is 2. The van der Waals surface area contributed by atoms with Crippen LogP contribution in [0.2, 0.25) is 0 Å². The van der Waals surface area contributed by atoms with Crippen molar-refractivity contribution in [2.75, 3.05) is 11.5 Å². The topological polar surface area (TPSA) is 131 Å². The van der Waals surface area contributed by atoms with Gasteiger partial charge < -0.3 is 16.2 Å². The van der Waals surface area contributed by atoms with Gasteiger partial charge in [-0.05, 0) is 47.2 Å². The van der Waals surface area contributed by atoms with Crippen LogP contribution in [0.25, 0.3) is 11.4 Å². The highest BCUT2D eigenvalue weighted by Gasteiger charge is 2.11. The number of anilines is 2. The lowest BCUT2D eigenvalue weighted by molar-refractivity contribution is 0.301. The molecule has 0 atom stereocenters. The van der Waals surface area contributed by atoms with Crippen LogP contribution in [0.5, 0.6) is 5.75 Å². The quantitative estimate of drug-likeness (QED) is 0.523. The van der Waals surface area contributed by atoms with E-state index in [2.05, 4.69) is 25.4 Å². The van der Waals surface area contributed by atoms with Gasteiger partial charge in [0.25, 0.3) is 0 Å². The normalized spacial score (nSPS) is 10.7. The molecule has 3 aromatic heterocycles. The van der Waals surface area contributed by atoms with Crippen LogP contribution >= 0.6 is 0 Å². The predicted octanol–water partition coefficient (Wildman–Crippen LogP) is 1.92. The number of tetrazole rings is 1. The van der Waals surface area contributed by atoms with Crippen molar-refractivity contribution in [3.8, 4) is 17.1 Å². The Bertz CT molecular complexity index is 1060. The summed E-state index contributed by atoms with van der Waals surface area (Å²) < 4.78 is 5.74. The highest BCUT2D eigenvalue weighted by Crippen LogP contribution is 2.21. The fourth-order valence-corrected chi connectivity index (χ4v) is 2.59. The molecule has 0 saturated carbocycles. The standard InChI is InChI=1S/C19H18N8O/c20-17-9-8-16(18(21)23-17)19-24-26-27(25-19)11-13-4-6-15(7-5-13)28-12-14-3-1-2-10-22-14/h1-10H,11-12H2,(H4,20,21,23). The minimum atomic E-state index is 0.272. The molecule has 0 saturated heterocycles. The molecule has 0 aliphatic rings. The highest BCUT2D eigenvalue weighted by atomic mass is 16.5. The van der Waals surface area contributed by atoms with Crippen molar-refractivity contribution in [3.63, 3.8) is 0 Å². The molecule has 4 aromatic rings. The van der Waals surface area contributed by atoms with Crippen LogP contribution in [-0.4, -0.2) is 30.2 Å². The van der Waals surface area contributed by atoms with E-state index in [-0.39, 0.29) is 5.82 Å². The van der Waals surface area contributed by atoms with Gasteiger partial charge in [-0.2, -0.15) is 4.80 Å². The van der Waals surface area contributed by atoms with Gasteiger partial charge in [-0.3, -0.25) is 4.98 Å². The van der Waals surface area contributed by atoms with E-state index in [9.17, 15) is 0 Å². The summed E-state index contributed by atoms with van der Waals surface area (Å²) in [4.78, 5) is 9.74. The van der Waals surface area contributed by atoms with E-state index in [1.165, 1.54) is 4.80 Å². The molecule has 0 aliphatic carbocycles. The van der Waals surface area contributed by atoms with Gasteiger partial charge in [0.1, 0.15) is 24.0 Å². The lowest BCUT2D eigenvalue weighted by Gasteiger charge is -2.06. The second-order valence-electron chi connectivity index (χ2n) is 6.07. The lowest BCUT2D eigenvalue weighted by Crippen LogP contribution is -2.04. The summed E-state index contributed by atoms with van der Waals surface area (Å²) in [7, 11) is 0. The molecule has 4 N–H and O–H groups in total. The Hall–Kier alpha value is -4.01. The summed E-state index contributed by atoms with van der Waals surface area (Å²) in [6, 6.07) is 16.8. The third-order valence-corrected chi connectivity index (χ3v) is 4.00. The number of nitrogens with zero attached hydrogens (tertiary/aromatic N) is 6. The molecular weight excluding hydrogens is 356 g/mol. The van der Waals surface area contributed by atoms with Gasteiger partial charge in [-0.15, -0.1) is 10.2 Å². The first-order valence-electron chi connectivity index (χ1n) is 8.59. The Morgan fingerprint density at radius 3 is 2.57 bits per heavy atom. The predicted molar refractivity (Wildman–Crippen MR) is 104 cm³/mol. The Balaban J connectivity index is 1.40. The highest BCUT2D eigenvalue weighted by molar-refractivity contribution is 5.69. The maximum Gasteiger partial charge on any atom is 0.208 e. The molecule has 0 spiro atoms. The van der Waals surface area contributed by atoms with Gasteiger partial charge in [0.05, 0.1) is 17.8 Å². The zero-order valence-corrected chi connectivity index (χ0v) is 14.9. The van der Waals surface area contributed by atoms with Crippen LogP contribution in [0.4, 0.5) is 11.6 Å². The van der Waals surface area contributed by atoms with Crippen LogP contribution in [0.15, 0.2) is 60.8 Å². The maximum atomic E-state index is 5.88. The largest absolute Gasteiger partial charge is 0.487 e. The number of aromatic nitrogens is 6. The molecule has 0 bridgehead atoms. The minimum Gasteiger partial charge on any atom is -0.487 e. The molecule has 9 nitrogen and oxygen atoms in total. The fraction of sp³-hybridized carbons (Fsp3) is 0.105. The molecule has 0 amide bonds. The summed E-state index contributed by atoms with van der Waals surface area (Å²) in [6.07, 6.45) is 1.75. The fourth-order valence-electron chi connectivity index (χ4n) is 2.59. The molecule has 1 aromatic carbocycles. The lowest BCUT2D eigenvalue weighted by atomic mass is 10.2. The third-order valence-electron chi connectivity index (χ3n) is 4.00. The molecule has 0 fully saturated rings. The van der Waals surface area contributed by atoms with Crippen molar-refractivity contribution >= 4 is 11.6 Å². The molecule has 4 rings (SSSR count). The van der Waals surface area contributed by atoms with E-state index in [4.69, 9.17) is 16.2 Å². The van der Waals surface area contributed by atoms with Crippen molar-refractivity contribution in [2.45, 2.75) is 13.2 Å². The average molecular weight is 374 g/mol. The maximum absolute atomic E-state index is 5.88. The van der Waals surface area contributed by atoms with E-state index in [0.29, 0.717) is 30.4 Å². The minimum absolute atomic E-state index is 0.272. The summed E-state index contributed by atoms with van der Waals surface area (Å²) in [6.45, 7) is 0.890. The Morgan fingerprint density at radius 1 is 0.964 bits per heavy atom. The zero-order valence-electron chi connectivity index (χ0n) is 14.9. The van der Waals surface area contributed by atoms with Crippen molar-refractivity contribution in [1.82, 2.24) is 30.2 Å². The number of benzene rings is 1. The second-order valence-corrected chi connectivity index (χ2v) is 6.07. The Kier molecular flexibility index (Phi) is 4.79. The van der Waals surface area contributed by atoms with Crippen LogP contribution in [0.3, 0.4) is 0 Å². The number of nitrogen functional groups attached to an aromatic ring is 2. The smallest absolute Gasteiger partial charge is 0.208 e. The zero-order chi connectivity index (χ0) is 19.3. The van der Waals surface area contributed by atoms with Crippen LogP contribution in [-0.2, 0) is 13.2 Å². The van der Waals surface area contributed by atoms with Gasteiger partial charge >= 0.3 is 0 Å². The van der Waals surface area contributed by atoms with Crippen molar-refractivity contribution in [2.24, 2.45) is 0 Å². The summed E-state index contributed by atoms with van der Waals surface area (Å²) >= 11 is 0. The Morgan fingerprint density at radius 2 is 1.82 bits per heavy atom. The summed E-state index contributed by atoms with van der Waals surface area (Å²) in [5, 5.41) is 12.5. The number of nitrogens with two attached hydrogens (primary N) is 2. The molecule has 0 radical (unpaired) electrons. The van der Waals surface area contributed by atoms with Gasteiger partial charge in [-0.1, -0.05) is 18.2 Å². The number of ether oxygens (including phenoxy) is 1. The van der Waals surface area contributed by atoms with Crippen molar-refractivity contribution in [1.29, 1.82) is 0 Å². The average Bonchev–Trinajstić information content (AvgIpc) is 3.16. The summed E-state index contributed by atoms with van der Waals surface area (Å²) in [5.74, 6) is 1.79. The van der Waals surface area contributed by atoms with Crippen molar-refractivity contribution in [3.05, 3.63) is 72.1 Å². The molecule has 140 valence electrons. The molecule has 0 aliphatic heterocycles. The molecule has 0 unspecified atom stereocenters. The molecule has 3 heterocycles. The van der Waals surface area contributed by atoms with Gasteiger partial charge in [0.15, 0.2) is 0 Å². The van der Waals surface area contributed by atoms with E-state index in [1.807, 2.05) is 42.5 Å². The van der Waals surface area contributed by atoms with Gasteiger partial charge in [0.2, 0.25) is 5.82 Å². The van der Waals surface area contributed by atoms with Crippen LogP contribution in [0, 0.1) is 0 Å². The number of rotatable bonds is 6. The monoisotopic (exact) mass is 374 g/mol. The van der Waals surface area contributed by atoms with E-state index in [1.54, 1.807) is 18.3 Å². The van der Waals surface area contributed by atoms with Crippen LogP contribution < -0.4 is 16.2 Å². The molecule has 28 heavy (non-hydrogen) atoms. The first-order chi connectivity index (χ1) is 13.7. The van der Waals surface area contributed by atoms with Gasteiger partial charge in [0, 0.05) is 6.20 Å². The van der Waals surface area contributed by atoms with E-state index in [0.717, 1.165) is 17.0 Å². The number of hydrogen-bond donors (Lipinski definition) is 2. The Labute approximate surface area is 161 Å². The first kappa shape index (κ1) is 17.4. The molecular formula is C19H18N8O. The second kappa shape index (κ2) is 7.70. The summed E-state index contributed by atoms with van der Waals surface area (Å²) in [5.41, 5.74) is 14.0.